The highest BCUT2D eigenvalue weighted by Gasteiger charge is 2.26. The van der Waals surface area contributed by atoms with E-state index < -0.39 is 15.6 Å². The fourth-order valence-electron chi connectivity index (χ4n) is 1.89. The van der Waals surface area contributed by atoms with Gasteiger partial charge < -0.3 is 9.47 Å². The summed E-state index contributed by atoms with van der Waals surface area (Å²) in [5, 5.41) is 0. The molecular weight excluding hydrogens is 290 g/mol. The number of hydrogen-bond donors (Lipinski definition) is 1. The van der Waals surface area contributed by atoms with E-state index in [4.69, 9.17) is 9.47 Å². The van der Waals surface area contributed by atoms with Crippen LogP contribution in [0.15, 0.2) is 17.0 Å². The molecule has 5 nitrogen and oxygen atoms in total. The van der Waals surface area contributed by atoms with Crippen LogP contribution in [-0.2, 0) is 10.0 Å². The van der Waals surface area contributed by atoms with Gasteiger partial charge in [0, 0.05) is 11.6 Å². The Hall–Kier alpha value is -1.27. The number of sulfonamides is 1. The monoisotopic (exact) mass is 315 g/mol. The molecule has 21 heavy (non-hydrogen) atoms. The Balaban J connectivity index is 3.40. The van der Waals surface area contributed by atoms with Gasteiger partial charge in [0.1, 0.15) is 16.4 Å². The first-order chi connectivity index (χ1) is 9.60. The Morgan fingerprint density at radius 1 is 1.05 bits per heavy atom. The van der Waals surface area contributed by atoms with Gasteiger partial charge in [0.05, 0.1) is 13.2 Å². The zero-order chi connectivity index (χ0) is 16.3. The maximum atomic E-state index is 12.6. The van der Waals surface area contributed by atoms with Crippen molar-refractivity contribution in [1.29, 1.82) is 0 Å². The van der Waals surface area contributed by atoms with Gasteiger partial charge in [-0.25, -0.2) is 13.1 Å². The van der Waals surface area contributed by atoms with Gasteiger partial charge in [0.2, 0.25) is 10.0 Å². The number of rotatable bonds is 6. The normalized spacial score (nSPS) is 12.3. The average Bonchev–Trinajstić information content (AvgIpc) is 2.29. The van der Waals surface area contributed by atoms with Crippen LogP contribution in [0.3, 0.4) is 0 Å². The number of nitrogens with one attached hydrogen (secondary N) is 1. The van der Waals surface area contributed by atoms with Gasteiger partial charge in [0.25, 0.3) is 0 Å². The van der Waals surface area contributed by atoms with Crippen LogP contribution in [0.5, 0.6) is 11.5 Å². The number of ether oxygens (including phenoxy) is 2. The summed E-state index contributed by atoms with van der Waals surface area (Å²) >= 11 is 0. The van der Waals surface area contributed by atoms with Gasteiger partial charge in [-0.1, -0.05) is 0 Å². The molecule has 0 saturated heterocycles. The van der Waals surface area contributed by atoms with E-state index >= 15 is 0 Å². The van der Waals surface area contributed by atoms with E-state index in [-0.39, 0.29) is 4.90 Å². The molecule has 0 radical (unpaired) electrons. The molecular formula is C15H25NO4S. The van der Waals surface area contributed by atoms with Gasteiger partial charge in [-0.3, -0.25) is 0 Å². The number of benzene rings is 1. The molecule has 0 aliphatic carbocycles. The van der Waals surface area contributed by atoms with Crippen LogP contribution in [-0.4, -0.2) is 27.2 Å². The first-order valence-corrected chi connectivity index (χ1v) is 8.53. The van der Waals surface area contributed by atoms with Crippen LogP contribution < -0.4 is 14.2 Å². The SMILES string of the molecule is CCOc1cc(S(=O)(=O)NC(C)(C)C)c(OCC)cc1C. The van der Waals surface area contributed by atoms with Crippen molar-refractivity contribution in [3.05, 3.63) is 17.7 Å². The van der Waals surface area contributed by atoms with Crippen molar-refractivity contribution >= 4 is 10.0 Å². The molecule has 0 saturated carbocycles. The highest BCUT2D eigenvalue weighted by molar-refractivity contribution is 7.89. The minimum atomic E-state index is -3.68. The van der Waals surface area contributed by atoms with Crippen molar-refractivity contribution in [1.82, 2.24) is 4.72 Å². The van der Waals surface area contributed by atoms with E-state index in [1.165, 1.54) is 6.07 Å². The van der Waals surface area contributed by atoms with E-state index in [0.717, 1.165) is 5.56 Å². The lowest BCUT2D eigenvalue weighted by atomic mass is 10.1. The van der Waals surface area contributed by atoms with E-state index in [0.29, 0.717) is 24.7 Å². The first-order valence-electron chi connectivity index (χ1n) is 7.05. The van der Waals surface area contributed by atoms with E-state index in [1.807, 2.05) is 20.8 Å². The van der Waals surface area contributed by atoms with E-state index in [2.05, 4.69) is 4.72 Å². The maximum Gasteiger partial charge on any atom is 0.244 e. The van der Waals surface area contributed by atoms with Crippen molar-refractivity contribution in [2.75, 3.05) is 13.2 Å². The Bertz CT molecular complexity index is 588. The smallest absolute Gasteiger partial charge is 0.244 e. The van der Waals surface area contributed by atoms with E-state index in [9.17, 15) is 8.42 Å². The Morgan fingerprint density at radius 3 is 2.05 bits per heavy atom. The minimum absolute atomic E-state index is 0.105. The zero-order valence-corrected chi connectivity index (χ0v) is 14.4. The Morgan fingerprint density at radius 2 is 1.57 bits per heavy atom. The second-order valence-corrected chi connectivity index (χ2v) is 7.44. The topological polar surface area (TPSA) is 64.6 Å². The van der Waals surface area contributed by atoms with Gasteiger partial charge in [0.15, 0.2) is 0 Å². The highest BCUT2D eigenvalue weighted by atomic mass is 32.2. The maximum absolute atomic E-state index is 12.6. The van der Waals surface area contributed by atoms with Crippen molar-refractivity contribution in [3.8, 4) is 11.5 Å². The molecule has 0 aliphatic rings. The summed E-state index contributed by atoms with van der Waals surface area (Å²) < 4.78 is 38.7. The quantitative estimate of drug-likeness (QED) is 0.876. The third kappa shape index (κ3) is 4.89. The largest absolute Gasteiger partial charge is 0.494 e. The first kappa shape index (κ1) is 17.8. The molecule has 0 aliphatic heterocycles. The molecule has 0 fully saturated rings. The summed E-state index contributed by atoms with van der Waals surface area (Å²) in [5.41, 5.74) is 0.272. The van der Waals surface area contributed by atoms with Crippen molar-refractivity contribution < 1.29 is 17.9 Å². The van der Waals surface area contributed by atoms with Crippen LogP contribution in [0.4, 0.5) is 0 Å². The van der Waals surface area contributed by atoms with Crippen LogP contribution in [0, 0.1) is 6.92 Å². The van der Waals surface area contributed by atoms with Crippen molar-refractivity contribution in [2.45, 2.75) is 52.0 Å². The van der Waals surface area contributed by atoms with Crippen LogP contribution in [0.25, 0.3) is 0 Å². The number of aryl methyl sites for hydroxylation is 1. The van der Waals surface area contributed by atoms with Gasteiger partial charge in [-0.05, 0) is 53.2 Å². The molecule has 0 bridgehead atoms. The predicted molar refractivity (Wildman–Crippen MR) is 83.6 cm³/mol. The second-order valence-electron chi connectivity index (χ2n) is 5.79. The van der Waals surface area contributed by atoms with Crippen LogP contribution in [0.2, 0.25) is 0 Å². The molecule has 0 aromatic heterocycles. The van der Waals surface area contributed by atoms with Crippen molar-refractivity contribution in [3.63, 3.8) is 0 Å². The number of hydrogen-bond acceptors (Lipinski definition) is 4. The van der Waals surface area contributed by atoms with Crippen molar-refractivity contribution in [2.24, 2.45) is 0 Å². The lowest BCUT2D eigenvalue weighted by Gasteiger charge is -2.22. The lowest BCUT2D eigenvalue weighted by Crippen LogP contribution is -2.40. The molecule has 0 unspecified atom stereocenters. The average molecular weight is 315 g/mol. The standard InChI is InChI=1S/C15H25NO4S/c1-7-19-12-10-14(13(20-8-2)9-11(12)3)21(17,18)16-15(4,5)6/h9-10,16H,7-8H2,1-6H3. The fraction of sp³-hybridized carbons (Fsp3) is 0.600. The predicted octanol–water partition coefficient (Wildman–Crippen LogP) is 2.87. The molecule has 1 rings (SSSR count). The summed E-state index contributed by atoms with van der Waals surface area (Å²) in [6.45, 7) is 11.8. The third-order valence-electron chi connectivity index (χ3n) is 2.57. The second kappa shape index (κ2) is 6.66. The summed E-state index contributed by atoms with van der Waals surface area (Å²) in [6, 6.07) is 3.23. The molecule has 0 spiro atoms. The van der Waals surface area contributed by atoms with Gasteiger partial charge in [-0.15, -0.1) is 0 Å². The molecule has 120 valence electrons. The summed E-state index contributed by atoms with van der Waals surface area (Å²) in [6.07, 6.45) is 0. The van der Waals surface area contributed by atoms with E-state index in [1.54, 1.807) is 26.8 Å². The molecule has 6 heteroatoms. The molecule has 0 amide bonds. The summed E-state index contributed by atoms with van der Waals surface area (Å²) in [5.74, 6) is 0.894. The van der Waals surface area contributed by atoms with Crippen LogP contribution in [0.1, 0.15) is 40.2 Å². The van der Waals surface area contributed by atoms with Gasteiger partial charge >= 0.3 is 0 Å². The molecule has 0 atom stereocenters. The third-order valence-corrected chi connectivity index (χ3v) is 4.35. The lowest BCUT2D eigenvalue weighted by molar-refractivity contribution is 0.320. The molecule has 1 aromatic carbocycles. The molecule has 1 N–H and O–H groups in total. The Labute approximate surface area is 127 Å². The zero-order valence-electron chi connectivity index (χ0n) is 13.6. The summed E-state index contributed by atoms with van der Waals surface area (Å²) in [4.78, 5) is 0.105. The Kier molecular flexibility index (Phi) is 5.64. The highest BCUT2D eigenvalue weighted by Crippen LogP contribution is 2.32. The minimum Gasteiger partial charge on any atom is -0.494 e. The van der Waals surface area contributed by atoms with Gasteiger partial charge in [-0.2, -0.15) is 0 Å². The summed E-state index contributed by atoms with van der Waals surface area (Å²) in [7, 11) is -3.68. The molecule has 0 heterocycles. The van der Waals surface area contributed by atoms with Crippen LogP contribution >= 0.6 is 0 Å². The fourth-order valence-corrected chi connectivity index (χ4v) is 3.45. The molecule has 1 aromatic rings.